The van der Waals surface area contributed by atoms with Crippen LogP contribution in [-0.2, 0) is 4.79 Å². The largest absolute Gasteiger partial charge is 0.396 e. The Morgan fingerprint density at radius 2 is 1.61 bits per heavy atom. The van der Waals surface area contributed by atoms with Crippen LogP contribution in [0.2, 0.25) is 0 Å². The SMILES string of the molecule is CC(C)CN(CC(C)C)C(=O)CSCC(C)CO. The van der Waals surface area contributed by atoms with Gasteiger partial charge in [0.2, 0.25) is 5.91 Å². The van der Waals surface area contributed by atoms with Gasteiger partial charge in [-0.15, -0.1) is 0 Å². The lowest BCUT2D eigenvalue weighted by molar-refractivity contribution is -0.129. The van der Waals surface area contributed by atoms with Crippen LogP contribution in [-0.4, -0.2) is 47.1 Å². The molecule has 1 atom stereocenters. The Morgan fingerprint density at radius 3 is 2.00 bits per heavy atom. The van der Waals surface area contributed by atoms with Crippen molar-refractivity contribution in [1.29, 1.82) is 0 Å². The van der Waals surface area contributed by atoms with Gasteiger partial charge in [0.25, 0.3) is 0 Å². The predicted octanol–water partition coefficient (Wildman–Crippen LogP) is 2.49. The first-order valence-corrected chi connectivity index (χ1v) is 7.98. The fourth-order valence-corrected chi connectivity index (χ4v) is 2.63. The van der Waals surface area contributed by atoms with Crippen LogP contribution in [0.3, 0.4) is 0 Å². The van der Waals surface area contributed by atoms with E-state index < -0.39 is 0 Å². The zero-order valence-electron chi connectivity index (χ0n) is 12.5. The standard InChI is InChI=1S/C14H29NO2S/c1-11(2)6-15(7-12(3)4)14(17)10-18-9-13(5)8-16/h11-13,16H,6-10H2,1-5H3. The molecule has 0 aliphatic heterocycles. The van der Waals surface area contributed by atoms with E-state index in [0.717, 1.165) is 18.8 Å². The number of aliphatic hydroxyl groups excluding tert-OH is 1. The minimum atomic E-state index is 0.197. The highest BCUT2D eigenvalue weighted by Crippen LogP contribution is 2.11. The van der Waals surface area contributed by atoms with Gasteiger partial charge in [0.15, 0.2) is 0 Å². The van der Waals surface area contributed by atoms with Crippen molar-refractivity contribution in [3.63, 3.8) is 0 Å². The molecule has 0 aromatic heterocycles. The molecule has 1 unspecified atom stereocenters. The maximum absolute atomic E-state index is 12.1. The number of carbonyl (C=O) groups is 1. The van der Waals surface area contributed by atoms with E-state index in [1.165, 1.54) is 0 Å². The van der Waals surface area contributed by atoms with Gasteiger partial charge in [-0.25, -0.2) is 0 Å². The molecule has 18 heavy (non-hydrogen) atoms. The summed E-state index contributed by atoms with van der Waals surface area (Å²) in [7, 11) is 0. The first-order valence-electron chi connectivity index (χ1n) is 6.83. The van der Waals surface area contributed by atoms with Gasteiger partial charge in [0, 0.05) is 19.7 Å². The fraction of sp³-hybridized carbons (Fsp3) is 0.929. The average molecular weight is 275 g/mol. The summed E-state index contributed by atoms with van der Waals surface area (Å²) < 4.78 is 0. The molecule has 0 saturated heterocycles. The van der Waals surface area contributed by atoms with Gasteiger partial charge < -0.3 is 10.0 Å². The lowest BCUT2D eigenvalue weighted by atomic mass is 10.1. The molecule has 1 N–H and O–H groups in total. The Morgan fingerprint density at radius 1 is 1.11 bits per heavy atom. The van der Waals surface area contributed by atoms with Crippen molar-refractivity contribution < 1.29 is 9.90 Å². The summed E-state index contributed by atoms with van der Waals surface area (Å²) in [6.07, 6.45) is 0. The van der Waals surface area contributed by atoms with E-state index in [1.807, 2.05) is 11.8 Å². The van der Waals surface area contributed by atoms with Crippen molar-refractivity contribution >= 4 is 17.7 Å². The first kappa shape index (κ1) is 17.8. The van der Waals surface area contributed by atoms with Gasteiger partial charge in [0.1, 0.15) is 0 Å². The number of amides is 1. The van der Waals surface area contributed by atoms with Gasteiger partial charge in [0.05, 0.1) is 5.75 Å². The van der Waals surface area contributed by atoms with Gasteiger partial charge >= 0.3 is 0 Å². The second kappa shape index (κ2) is 9.68. The number of aliphatic hydroxyl groups is 1. The molecule has 0 bridgehead atoms. The molecule has 3 nitrogen and oxygen atoms in total. The molecule has 0 spiro atoms. The Labute approximate surface area is 116 Å². The first-order chi connectivity index (χ1) is 8.36. The Kier molecular flexibility index (Phi) is 9.56. The Bertz CT molecular complexity index is 222. The molecule has 0 radical (unpaired) electrons. The van der Waals surface area contributed by atoms with Crippen LogP contribution in [0, 0.1) is 17.8 Å². The van der Waals surface area contributed by atoms with Crippen LogP contribution < -0.4 is 0 Å². The smallest absolute Gasteiger partial charge is 0.232 e. The van der Waals surface area contributed by atoms with Crippen LogP contribution in [0.25, 0.3) is 0 Å². The van der Waals surface area contributed by atoms with Gasteiger partial charge in [-0.05, 0) is 23.5 Å². The quantitative estimate of drug-likeness (QED) is 0.703. The molecular formula is C14H29NO2S. The Balaban J connectivity index is 4.12. The second-order valence-corrected chi connectivity index (χ2v) is 6.92. The number of nitrogens with zero attached hydrogens (tertiary/aromatic N) is 1. The lowest BCUT2D eigenvalue weighted by Gasteiger charge is -2.26. The zero-order valence-corrected chi connectivity index (χ0v) is 13.3. The molecule has 0 heterocycles. The molecule has 4 heteroatoms. The molecular weight excluding hydrogens is 246 g/mol. The van der Waals surface area contributed by atoms with E-state index >= 15 is 0 Å². The summed E-state index contributed by atoms with van der Waals surface area (Å²) in [5, 5.41) is 8.94. The second-order valence-electron chi connectivity index (χ2n) is 5.89. The topological polar surface area (TPSA) is 40.5 Å². The van der Waals surface area contributed by atoms with Crippen molar-refractivity contribution in [3.05, 3.63) is 0 Å². The monoisotopic (exact) mass is 275 g/mol. The maximum atomic E-state index is 12.1. The van der Waals surface area contributed by atoms with E-state index in [-0.39, 0.29) is 18.4 Å². The van der Waals surface area contributed by atoms with Crippen LogP contribution in [0.1, 0.15) is 34.6 Å². The third kappa shape index (κ3) is 8.81. The summed E-state index contributed by atoms with van der Waals surface area (Å²) in [5.41, 5.74) is 0. The third-order valence-electron chi connectivity index (χ3n) is 2.46. The van der Waals surface area contributed by atoms with Crippen LogP contribution >= 0.6 is 11.8 Å². The van der Waals surface area contributed by atoms with Crippen molar-refractivity contribution in [1.82, 2.24) is 4.90 Å². The van der Waals surface area contributed by atoms with E-state index in [2.05, 4.69) is 27.7 Å². The van der Waals surface area contributed by atoms with E-state index in [0.29, 0.717) is 17.6 Å². The summed E-state index contributed by atoms with van der Waals surface area (Å²) in [4.78, 5) is 14.1. The highest BCUT2D eigenvalue weighted by Gasteiger charge is 2.16. The minimum Gasteiger partial charge on any atom is -0.396 e. The Hall–Kier alpha value is -0.220. The molecule has 108 valence electrons. The minimum absolute atomic E-state index is 0.197. The van der Waals surface area contributed by atoms with Gasteiger partial charge in [-0.3, -0.25) is 4.79 Å². The summed E-state index contributed by atoms with van der Waals surface area (Å²) in [6.45, 7) is 12.4. The lowest BCUT2D eigenvalue weighted by Crippen LogP contribution is -2.38. The van der Waals surface area contributed by atoms with Crippen molar-refractivity contribution in [2.45, 2.75) is 34.6 Å². The van der Waals surface area contributed by atoms with Gasteiger partial charge in [-0.1, -0.05) is 34.6 Å². The third-order valence-corrected chi connectivity index (χ3v) is 3.72. The van der Waals surface area contributed by atoms with E-state index in [4.69, 9.17) is 5.11 Å². The van der Waals surface area contributed by atoms with Crippen LogP contribution in [0.15, 0.2) is 0 Å². The summed E-state index contributed by atoms with van der Waals surface area (Å²) in [6, 6.07) is 0. The molecule has 0 saturated carbocycles. The predicted molar refractivity (Wildman–Crippen MR) is 79.8 cm³/mol. The molecule has 1 amide bonds. The van der Waals surface area contributed by atoms with Crippen LogP contribution in [0.4, 0.5) is 0 Å². The normalized spacial score (nSPS) is 13.1. The van der Waals surface area contributed by atoms with Crippen molar-refractivity contribution in [3.8, 4) is 0 Å². The van der Waals surface area contributed by atoms with Crippen molar-refractivity contribution in [2.24, 2.45) is 17.8 Å². The highest BCUT2D eigenvalue weighted by atomic mass is 32.2. The average Bonchev–Trinajstić information content (AvgIpc) is 2.26. The summed E-state index contributed by atoms with van der Waals surface area (Å²) >= 11 is 1.63. The van der Waals surface area contributed by atoms with Gasteiger partial charge in [-0.2, -0.15) is 11.8 Å². The van der Waals surface area contributed by atoms with E-state index in [1.54, 1.807) is 11.8 Å². The molecule has 0 aromatic carbocycles. The zero-order chi connectivity index (χ0) is 14.1. The molecule has 0 aromatic rings. The highest BCUT2D eigenvalue weighted by molar-refractivity contribution is 7.99. The number of rotatable bonds is 9. The molecule has 0 aliphatic rings. The number of hydrogen-bond donors (Lipinski definition) is 1. The number of thioether (sulfide) groups is 1. The van der Waals surface area contributed by atoms with Crippen molar-refractivity contribution in [2.75, 3.05) is 31.2 Å². The van der Waals surface area contributed by atoms with Crippen LogP contribution in [0.5, 0.6) is 0 Å². The number of hydrogen-bond acceptors (Lipinski definition) is 3. The fourth-order valence-electron chi connectivity index (χ4n) is 1.65. The van der Waals surface area contributed by atoms with E-state index in [9.17, 15) is 4.79 Å². The molecule has 0 aliphatic carbocycles. The molecule has 0 fully saturated rings. The summed E-state index contributed by atoms with van der Waals surface area (Å²) in [5.74, 6) is 2.89. The number of carbonyl (C=O) groups excluding carboxylic acids is 1. The molecule has 0 rings (SSSR count). The maximum Gasteiger partial charge on any atom is 0.232 e.